The van der Waals surface area contributed by atoms with E-state index in [9.17, 15) is 0 Å². The number of nitrogens with one attached hydrogen (secondary N) is 1. The Hall–Kier alpha value is -0.870. The van der Waals surface area contributed by atoms with Crippen molar-refractivity contribution in [3.63, 3.8) is 0 Å². The number of aryl methyl sites for hydroxylation is 1. The molecule has 1 aromatic rings. The van der Waals surface area contributed by atoms with Crippen LogP contribution >= 0.6 is 0 Å². The zero-order valence-electron chi connectivity index (χ0n) is 13.1. The maximum atomic E-state index is 6.15. The molecule has 19 heavy (non-hydrogen) atoms. The molecule has 0 amide bonds. The van der Waals surface area contributed by atoms with E-state index in [0.29, 0.717) is 0 Å². The van der Waals surface area contributed by atoms with E-state index < -0.39 is 0 Å². The van der Waals surface area contributed by atoms with Gasteiger partial charge >= 0.3 is 0 Å². The third kappa shape index (κ3) is 3.37. The second kappa shape index (κ2) is 7.65. The van der Waals surface area contributed by atoms with E-state index >= 15 is 0 Å². The van der Waals surface area contributed by atoms with Gasteiger partial charge in [-0.3, -0.25) is 0 Å². The van der Waals surface area contributed by atoms with Gasteiger partial charge in [0.05, 0.1) is 11.6 Å². The molecular weight excluding hydrogens is 238 g/mol. The summed E-state index contributed by atoms with van der Waals surface area (Å²) in [6, 6.07) is 0.141. The monoisotopic (exact) mass is 267 g/mol. The van der Waals surface area contributed by atoms with E-state index in [-0.39, 0.29) is 11.6 Å². The van der Waals surface area contributed by atoms with E-state index in [1.807, 2.05) is 12.4 Å². The average molecular weight is 267 g/mol. The largest absolute Gasteiger partial charge is 0.373 e. The molecule has 110 valence electrons. The summed E-state index contributed by atoms with van der Waals surface area (Å²) in [6.07, 6.45) is 5.88. The van der Waals surface area contributed by atoms with Crippen LogP contribution in [0.3, 0.4) is 0 Å². The Kier molecular flexibility index (Phi) is 6.52. The van der Waals surface area contributed by atoms with Gasteiger partial charge < -0.3 is 14.6 Å². The molecule has 0 radical (unpaired) electrons. The third-order valence-corrected chi connectivity index (χ3v) is 3.91. The molecule has 0 fully saturated rings. The lowest BCUT2D eigenvalue weighted by Gasteiger charge is -2.39. The molecule has 0 aliphatic rings. The molecular formula is C15H29N3O. The molecule has 1 rings (SSSR count). The number of nitrogens with zero attached hydrogens (tertiary/aromatic N) is 2. The Labute approximate surface area is 117 Å². The van der Waals surface area contributed by atoms with Gasteiger partial charge in [-0.2, -0.15) is 0 Å². The van der Waals surface area contributed by atoms with Gasteiger partial charge in [0.1, 0.15) is 5.82 Å². The zero-order chi connectivity index (χ0) is 14.3. The fourth-order valence-electron chi connectivity index (χ4n) is 2.80. The Bertz CT molecular complexity index is 358. The van der Waals surface area contributed by atoms with Crippen LogP contribution in [0.2, 0.25) is 0 Å². The highest BCUT2D eigenvalue weighted by Crippen LogP contribution is 2.34. The van der Waals surface area contributed by atoms with E-state index in [1.165, 1.54) is 0 Å². The van der Waals surface area contributed by atoms with Crippen LogP contribution in [-0.2, 0) is 11.3 Å². The molecule has 0 saturated carbocycles. The topological polar surface area (TPSA) is 39.1 Å². The second-order valence-electron chi connectivity index (χ2n) is 4.77. The molecule has 1 aromatic heterocycles. The van der Waals surface area contributed by atoms with Crippen LogP contribution in [0.15, 0.2) is 12.4 Å². The average Bonchev–Trinajstić information content (AvgIpc) is 2.90. The first-order valence-electron chi connectivity index (χ1n) is 7.57. The van der Waals surface area contributed by atoms with Crippen molar-refractivity contribution in [3.05, 3.63) is 18.2 Å². The van der Waals surface area contributed by atoms with Gasteiger partial charge in [0.25, 0.3) is 0 Å². The number of hydrogen-bond acceptors (Lipinski definition) is 3. The Balaban J connectivity index is 3.16. The summed E-state index contributed by atoms with van der Waals surface area (Å²) < 4.78 is 8.35. The van der Waals surface area contributed by atoms with Crippen molar-refractivity contribution in [1.29, 1.82) is 0 Å². The smallest absolute Gasteiger partial charge is 0.128 e. The molecule has 0 aliphatic heterocycles. The van der Waals surface area contributed by atoms with Crippen molar-refractivity contribution in [1.82, 2.24) is 14.9 Å². The van der Waals surface area contributed by atoms with Crippen molar-refractivity contribution in [2.24, 2.45) is 0 Å². The highest BCUT2D eigenvalue weighted by Gasteiger charge is 2.39. The van der Waals surface area contributed by atoms with Crippen LogP contribution in [0.4, 0.5) is 0 Å². The number of ether oxygens (including phenoxy) is 1. The van der Waals surface area contributed by atoms with Gasteiger partial charge in [-0.25, -0.2) is 4.98 Å². The summed E-state index contributed by atoms with van der Waals surface area (Å²) in [6.45, 7) is 13.3. The molecule has 1 heterocycles. The quantitative estimate of drug-likeness (QED) is 0.747. The minimum absolute atomic E-state index is 0.141. The molecule has 0 spiro atoms. The lowest BCUT2D eigenvalue weighted by atomic mass is 9.87. The molecule has 0 aliphatic carbocycles. The molecule has 4 heteroatoms. The molecule has 1 atom stereocenters. The molecule has 1 unspecified atom stereocenters. The summed E-state index contributed by atoms with van der Waals surface area (Å²) >= 11 is 0. The van der Waals surface area contributed by atoms with Gasteiger partial charge in [-0.1, -0.05) is 20.8 Å². The van der Waals surface area contributed by atoms with Crippen molar-refractivity contribution in [2.45, 2.75) is 65.6 Å². The van der Waals surface area contributed by atoms with Gasteiger partial charge in [0.2, 0.25) is 0 Å². The molecule has 0 aromatic carbocycles. The van der Waals surface area contributed by atoms with Crippen LogP contribution in [0.1, 0.15) is 59.3 Å². The fraction of sp³-hybridized carbons (Fsp3) is 0.800. The van der Waals surface area contributed by atoms with Crippen molar-refractivity contribution >= 4 is 0 Å². The number of rotatable bonds is 9. The first kappa shape index (κ1) is 16.2. The zero-order valence-corrected chi connectivity index (χ0v) is 13.1. The van der Waals surface area contributed by atoms with E-state index in [2.05, 4.69) is 49.5 Å². The van der Waals surface area contributed by atoms with Gasteiger partial charge in [-0.05, 0) is 33.2 Å². The van der Waals surface area contributed by atoms with Crippen molar-refractivity contribution in [3.8, 4) is 0 Å². The van der Waals surface area contributed by atoms with E-state index in [4.69, 9.17) is 4.74 Å². The SMILES string of the molecule is CCNC(c1nccn1CC)C(CC)(CC)OCC. The number of hydrogen-bond donors (Lipinski definition) is 1. The highest BCUT2D eigenvalue weighted by molar-refractivity contribution is 5.08. The number of likely N-dealkylation sites (N-methyl/N-ethyl adjacent to an activating group) is 1. The maximum Gasteiger partial charge on any atom is 0.128 e. The van der Waals surface area contributed by atoms with E-state index in [1.54, 1.807) is 0 Å². The summed E-state index contributed by atoms with van der Waals surface area (Å²) in [5.41, 5.74) is -0.178. The van der Waals surface area contributed by atoms with Gasteiger partial charge in [0, 0.05) is 25.5 Å². The first-order valence-corrected chi connectivity index (χ1v) is 7.57. The maximum absolute atomic E-state index is 6.15. The normalized spacial score (nSPS) is 13.7. The summed E-state index contributed by atoms with van der Waals surface area (Å²) in [5, 5.41) is 3.58. The molecule has 0 bridgehead atoms. The standard InChI is InChI=1S/C15H29N3O/c1-6-15(7-2,19-10-5)13(16-8-3)14-17-11-12-18(14)9-4/h11-13,16H,6-10H2,1-5H3. The number of aromatic nitrogens is 2. The van der Waals surface area contributed by atoms with Crippen LogP contribution in [-0.4, -0.2) is 28.3 Å². The Morgan fingerprint density at radius 1 is 1.26 bits per heavy atom. The highest BCUT2D eigenvalue weighted by atomic mass is 16.5. The molecule has 1 N–H and O–H groups in total. The van der Waals surface area contributed by atoms with E-state index in [0.717, 1.165) is 38.4 Å². The lowest BCUT2D eigenvalue weighted by molar-refractivity contribution is -0.0755. The fourth-order valence-corrected chi connectivity index (χ4v) is 2.80. The summed E-state index contributed by atoms with van der Waals surface area (Å²) in [5.74, 6) is 1.08. The Morgan fingerprint density at radius 3 is 2.42 bits per heavy atom. The van der Waals surface area contributed by atoms with Crippen LogP contribution < -0.4 is 5.32 Å². The Morgan fingerprint density at radius 2 is 1.95 bits per heavy atom. The third-order valence-electron chi connectivity index (χ3n) is 3.91. The lowest BCUT2D eigenvalue weighted by Crippen LogP contribution is -2.46. The minimum Gasteiger partial charge on any atom is -0.373 e. The summed E-state index contributed by atoms with van der Waals surface area (Å²) in [7, 11) is 0. The number of imidazole rings is 1. The van der Waals surface area contributed by atoms with Crippen LogP contribution in [0.25, 0.3) is 0 Å². The summed E-state index contributed by atoms with van der Waals surface area (Å²) in [4.78, 5) is 4.57. The predicted molar refractivity (Wildman–Crippen MR) is 79.3 cm³/mol. The second-order valence-corrected chi connectivity index (χ2v) is 4.77. The predicted octanol–water partition coefficient (Wildman–Crippen LogP) is 3.15. The van der Waals surface area contributed by atoms with Crippen LogP contribution in [0, 0.1) is 0 Å². The van der Waals surface area contributed by atoms with Crippen molar-refractivity contribution in [2.75, 3.05) is 13.2 Å². The molecule has 4 nitrogen and oxygen atoms in total. The van der Waals surface area contributed by atoms with Crippen molar-refractivity contribution < 1.29 is 4.74 Å². The van der Waals surface area contributed by atoms with Gasteiger partial charge in [-0.15, -0.1) is 0 Å². The first-order chi connectivity index (χ1) is 9.18. The van der Waals surface area contributed by atoms with Crippen LogP contribution in [0.5, 0.6) is 0 Å². The minimum atomic E-state index is -0.178. The van der Waals surface area contributed by atoms with Gasteiger partial charge in [0.15, 0.2) is 0 Å². The molecule has 0 saturated heterocycles.